The van der Waals surface area contributed by atoms with Gasteiger partial charge in [0.05, 0.1) is 19.0 Å². The van der Waals surface area contributed by atoms with Crippen LogP contribution in [0.25, 0.3) is 0 Å². The normalized spacial score (nSPS) is 24.8. The van der Waals surface area contributed by atoms with E-state index in [1.54, 1.807) is 36.0 Å². The molecule has 2 rings (SSSR count). The average molecular weight is 691 g/mol. The van der Waals surface area contributed by atoms with Crippen molar-refractivity contribution in [2.24, 2.45) is 0 Å². The zero-order chi connectivity index (χ0) is 35.1. The number of rotatable bonds is 21. The molecule has 1 saturated heterocycles. The molecule has 1 aliphatic heterocycles. The number of unbranched alkanes of at least 4 members (excludes halogenated alkanes) is 5. The lowest BCUT2D eigenvalue weighted by atomic mass is 9.98. The monoisotopic (exact) mass is 690 g/mol. The highest BCUT2D eigenvalue weighted by molar-refractivity contribution is 7.99. The minimum Gasteiger partial charge on any atom is -0.623 e. The van der Waals surface area contributed by atoms with Crippen LogP contribution in [0.4, 0.5) is 0 Å². The fourth-order valence-corrected chi connectivity index (χ4v) is 6.05. The molecule has 0 aromatic heterocycles. The minimum atomic E-state index is -2.17. The van der Waals surface area contributed by atoms with Gasteiger partial charge >= 0.3 is 0 Å². The Morgan fingerprint density at radius 2 is 1.68 bits per heavy atom. The van der Waals surface area contributed by atoms with Crippen LogP contribution in [0, 0.1) is 5.21 Å². The number of nitrogens with zero attached hydrogens (tertiary/aromatic N) is 1. The number of nitrogens with one attached hydrogen (secondary N) is 1. The molecule has 0 saturated carbocycles. The summed E-state index contributed by atoms with van der Waals surface area (Å²) in [5.41, 5.74) is 0.670. The Bertz CT molecular complexity index is 1080. The highest BCUT2D eigenvalue weighted by atomic mass is 32.2. The first kappa shape index (κ1) is 41.3. The van der Waals surface area contributed by atoms with Gasteiger partial charge < -0.3 is 60.8 Å². The van der Waals surface area contributed by atoms with Crippen LogP contribution in [0.15, 0.2) is 24.3 Å². The molecule has 47 heavy (non-hydrogen) atoms. The Kier molecular flexibility index (Phi) is 18.1. The SMILES string of the molecule is CCCCCCCCSCC(C)(C)/[N+]([O-])=C/c1ccc(CNC(=O)[C@H](O)[C@@H](O)[C@H](O[C@@H]2O[C@H](CO)[C@H](O)[C@H](O)[C@H]2O)[C@H](O)CO)cc1. The lowest BCUT2D eigenvalue weighted by Crippen LogP contribution is -2.62. The van der Waals surface area contributed by atoms with Crippen LogP contribution in [0.1, 0.15) is 70.4 Å². The Labute approximate surface area is 280 Å². The Morgan fingerprint density at radius 1 is 1.04 bits per heavy atom. The van der Waals surface area contributed by atoms with Crippen molar-refractivity contribution in [1.29, 1.82) is 0 Å². The molecule has 1 amide bonds. The maximum atomic E-state index is 12.9. The van der Waals surface area contributed by atoms with Gasteiger partial charge in [0.25, 0.3) is 5.91 Å². The second-order valence-electron chi connectivity index (χ2n) is 12.5. The zero-order valence-corrected chi connectivity index (χ0v) is 28.2. The number of hydrogen-bond acceptors (Lipinski definition) is 13. The zero-order valence-electron chi connectivity index (χ0n) is 27.4. The maximum Gasteiger partial charge on any atom is 0.251 e. The fraction of sp³-hybridized carbons (Fsp3) is 0.750. The van der Waals surface area contributed by atoms with Gasteiger partial charge in [-0.05, 0) is 29.9 Å². The van der Waals surface area contributed by atoms with Crippen molar-refractivity contribution in [2.75, 3.05) is 24.7 Å². The summed E-state index contributed by atoms with van der Waals surface area (Å²) in [5.74, 6) is 0.652. The number of carbonyl (C=O) groups is 1. The number of aliphatic hydroxyl groups excluding tert-OH is 8. The maximum absolute atomic E-state index is 12.9. The van der Waals surface area contributed by atoms with E-state index in [-0.39, 0.29) is 6.54 Å². The largest absolute Gasteiger partial charge is 0.623 e. The van der Waals surface area contributed by atoms with E-state index in [0.717, 1.165) is 16.9 Å². The molecule has 270 valence electrons. The first-order valence-electron chi connectivity index (χ1n) is 16.1. The van der Waals surface area contributed by atoms with Gasteiger partial charge in [-0.2, -0.15) is 11.8 Å². The van der Waals surface area contributed by atoms with Crippen LogP contribution in [-0.4, -0.2) is 143 Å². The number of benzene rings is 1. The third-order valence-corrected chi connectivity index (χ3v) is 9.53. The van der Waals surface area contributed by atoms with Gasteiger partial charge in [-0.3, -0.25) is 4.79 Å². The molecular weight excluding hydrogens is 636 g/mol. The summed E-state index contributed by atoms with van der Waals surface area (Å²) < 4.78 is 11.5. The second-order valence-corrected chi connectivity index (χ2v) is 13.6. The number of carbonyl (C=O) groups excluding carboxylic acids is 1. The fourth-order valence-electron chi connectivity index (χ4n) is 4.87. The summed E-state index contributed by atoms with van der Waals surface area (Å²) in [6.45, 7) is 4.18. The van der Waals surface area contributed by atoms with E-state index in [1.807, 2.05) is 13.8 Å². The number of ether oxygens (including phenoxy) is 2. The number of hydroxylamine groups is 1. The number of aliphatic hydroxyl groups is 8. The highest BCUT2D eigenvalue weighted by Crippen LogP contribution is 2.25. The second kappa shape index (κ2) is 20.6. The van der Waals surface area contributed by atoms with E-state index >= 15 is 0 Å². The molecule has 1 heterocycles. The van der Waals surface area contributed by atoms with E-state index in [0.29, 0.717) is 16.9 Å². The molecule has 1 aliphatic rings. The molecule has 1 fully saturated rings. The number of amides is 1. The Hall–Kier alpha value is -1.89. The molecule has 0 aliphatic carbocycles. The summed E-state index contributed by atoms with van der Waals surface area (Å²) in [5, 5.41) is 95.7. The minimum absolute atomic E-state index is 0.0641. The van der Waals surface area contributed by atoms with E-state index in [2.05, 4.69) is 12.2 Å². The molecule has 0 spiro atoms. The average Bonchev–Trinajstić information content (AvgIpc) is 3.06. The third kappa shape index (κ3) is 12.8. The van der Waals surface area contributed by atoms with Crippen molar-refractivity contribution in [3.8, 4) is 0 Å². The smallest absolute Gasteiger partial charge is 0.251 e. The third-order valence-electron chi connectivity index (χ3n) is 8.04. The first-order valence-corrected chi connectivity index (χ1v) is 17.3. The van der Waals surface area contributed by atoms with Crippen LogP contribution in [0.2, 0.25) is 0 Å². The number of hydrogen-bond donors (Lipinski definition) is 9. The summed E-state index contributed by atoms with van der Waals surface area (Å²) in [6, 6.07) is 6.78. The lowest BCUT2D eigenvalue weighted by molar-refractivity contribution is -0.528. The van der Waals surface area contributed by atoms with Crippen LogP contribution in [0.3, 0.4) is 0 Å². The quantitative estimate of drug-likeness (QED) is 0.0257. The van der Waals surface area contributed by atoms with Gasteiger partial charge in [-0.15, -0.1) is 0 Å². The molecular formula is C32H54N2O12S. The predicted molar refractivity (Wildman–Crippen MR) is 176 cm³/mol. The first-order chi connectivity index (χ1) is 22.3. The van der Waals surface area contributed by atoms with E-state index in [9.17, 15) is 50.9 Å². The lowest BCUT2D eigenvalue weighted by Gasteiger charge is -2.42. The van der Waals surface area contributed by atoms with Crippen LogP contribution < -0.4 is 5.32 Å². The van der Waals surface area contributed by atoms with Gasteiger partial charge in [-0.25, -0.2) is 4.74 Å². The molecule has 0 radical (unpaired) electrons. The van der Waals surface area contributed by atoms with Gasteiger partial charge in [0.2, 0.25) is 0 Å². The van der Waals surface area contributed by atoms with E-state index in [4.69, 9.17) is 9.47 Å². The van der Waals surface area contributed by atoms with Crippen molar-refractivity contribution >= 4 is 23.9 Å². The molecule has 0 unspecified atom stereocenters. The molecule has 0 bridgehead atoms. The summed E-state index contributed by atoms with van der Waals surface area (Å²) in [7, 11) is 0. The summed E-state index contributed by atoms with van der Waals surface area (Å²) >= 11 is 1.77. The Balaban J connectivity index is 1.92. The van der Waals surface area contributed by atoms with Crippen molar-refractivity contribution in [3.05, 3.63) is 40.6 Å². The molecule has 9 N–H and O–H groups in total. The van der Waals surface area contributed by atoms with Gasteiger partial charge in [0.1, 0.15) is 42.7 Å². The van der Waals surface area contributed by atoms with Crippen molar-refractivity contribution < 1.29 is 59.9 Å². The highest BCUT2D eigenvalue weighted by Gasteiger charge is 2.47. The molecule has 9 atom stereocenters. The van der Waals surface area contributed by atoms with Crippen LogP contribution in [0.5, 0.6) is 0 Å². The standard InChI is InChI=1S/C32H54N2O12S/c1-4-5-6-7-8-9-14-47-19-32(2,3)34(44)16-21-12-10-20(11-13-21)15-33-30(43)27(41)26(40)29(22(37)17-35)46-31-28(42)25(39)24(38)23(18-36)45-31/h10-13,16,22-29,31,35-42H,4-9,14-15,17-19H2,1-3H3,(H,33,43)/b34-16-/t22-,23-,24+,25+,26-,27-,28-,29-,31+/m1/s1. The van der Waals surface area contributed by atoms with Gasteiger partial charge in [-0.1, -0.05) is 51.2 Å². The molecule has 1 aromatic rings. The predicted octanol–water partition coefficient (Wildman–Crippen LogP) is -0.636. The van der Waals surface area contributed by atoms with Gasteiger partial charge in [0, 0.05) is 26.0 Å². The number of thioether (sulfide) groups is 1. The Morgan fingerprint density at radius 3 is 2.30 bits per heavy atom. The summed E-state index contributed by atoms with van der Waals surface area (Å²) in [4.78, 5) is 12.7. The van der Waals surface area contributed by atoms with E-state index < -0.39 is 79.8 Å². The van der Waals surface area contributed by atoms with Crippen LogP contribution >= 0.6 is 11.8 Å². The van der Waals surface area contributed by atoms with E-state index in [1.165, 1.54) is 38.3 Å². The van der Waals surface area contributed by atoms with Crippen LogP contribution in [-0.2, 0) is 20.8 Å². The topological polar surface area (TPSA) is 235 Å². The van der Waals surface area contributed by atoms with Crippen molar-refractivity contribution in [2.45, 2.75) is 127 Å². The molecule has 1 aromatic carbocycles. The van der Waals surface area contributed by atoms with Crippen molar-refractivity contribution in [1.82, 2.24) is 5.32 Å². The van der Waals surface area contributed by atoms with Crippen molar-refractivity contribution in [3.63, 3.8) is 0 Å². The molecule has 15 heteroatoms. The molecule has 14 nitrogen and oxygen atoms in total. The summed E-state index contributed by atoms with van der Waals surface area (Å²) in [6.07, 6.45) is -7.78. The van der Waals surface area contributed by atoms with Gasteiger partial charge in [0.15, 0.2) is 24.1 Å².